The molecular formula is C20H12F2N4O4S. The Morgan fingerprint density at radius 3 is 2.68 bits per heavy atom. The molecule has 0 radical (unpaired) electrons. The van der Waals surface area contributed by atoms with E-state index in [1.807, 2.05) is 4.72 Å². The summed E-state index contributed by atoms with van der Waals surface area (Å²) in [6.45, 7) is 0. The number of pyridine rings is 1. The third-order valence-corrected chi connectivity index (χ3v) is 5.85. The molecule has 0 spiro atoms. The number of fused-ring (bicyclic) bond motifs is 1. The number of rotatable bonds is 6. The molecule has 2 N–H and O–H groups in total. The number of sulfonamides is 1. The summed E-state index contributed by atoms with van der Waals surface area (Å²) < 4.78 is 56.6. The Kier molecular flexibility index (Phi) is 5.03. The molecule has 0 unspecified atom stereocenters. The van der Waals surface area contributed by atoms with Gasteiger partial charge in [-0.15, -0.1) is 4.91 Å². The maximum Gasteiger partial charge on any atom is 0.262 e. The highest BCUT2D eigenvalue weighted by Gasteiger charge is 2.26. The predicted molar refractivity (Wildman–Crippen MR) is 109 cm³/mol. The topological polar surface area (TPSA) is 121 Å². The van der Waals surface area contributed by atoms with E-state index in [1.165, 1.54) is 30.6 Å². The zero-order valence-corrected chi connectivity index (χ0v) is 16.3. The Balaban J connectivity index is 1.76. The molecule has 0 atom stereocenters. The highest BCUT2D eigenvalue weighted by molar-refractivity contribution is 7.92. The lowest BCUT2D eigenvalue weighted by Gasteiger charge is -2.12. The maximum atomic E-state index is 15.1. The summed E-state index contributed by atoms with van der Waals surface area (Å²) in [7, 11) is -4.35. The van der Waals surface area contributed by atoms with E-state index in [4.69, 9.17) is 0 Å². The van der Waals surface area contributed by atoms with Gasteiger partial charge in [-0.2, -0.15) is 0 Å². The van der Waals surface area contributed by atoms with Crippen LogP contribution in [0.3, 0.4) is 0 Å². The van der Waals surface area contributed by atoms with Gasteiger partial charge in [0.25, 0.3) is 10.0 Å². The molecule has 31 heavy (non-hydrogen) atoms. The van der Waals surface area contributed by atoms with Crippen LogP contribution in [0.4, 0.5) is 20.2 Å². The van der Waals surface area contributed by atoms with Crippen LogP contribution in [-0.2, 0) is 10.0 Å². The van der Waals surface area contributed by atoms with E-state index >= 15 is 4.39 Å². The Bertz CT molecular complexity index is 1450. The van der Waals surface area contributed by atoms with Crippen molar-refractivity contribution in [2.75, 3.05) is 4.72 Å². The van der Waals surface area contributed by atoms with Crippen LogP contribution in [0.5, 0.6) is 0 Å². The fourth-order valence-corrected chi connectivity index (χ4v) is 4.13. The van der Waals surface area contributed by atoms with Gasteiger partial charge in [0.2, 0.25) is 5.78 Å². The highest BCUT2D eigenvalue weighted by atomic mass is 32.2. The third kappa shape index (κ3) is 3.66. The van der Waals surface area contributed by atoms with Crippen molar-refractivity contribution in [3.8, 4) is 0 Å². The molecule has 4 rings (SSSR count). The number of carbonyl (C=O) groups is 1. The largest absolute Gasteiger partial charge is 0.345 e. The van der Waals surface area contributed by atoms with Gasteiger partial charge in [0.1, 0.15) is 17.2 Å². The Morgan fingerprint density at radius 1 is 1.10 bits per heavy atom. The minimum atomic E-state index is -4.35. The first-order valence-corrected chi connectivity index (χ1v) is 10.2. The summed E-state index contributed by atoms with van der Waals surface area (Å²) in [6, 6.07) is 9.49. The molecule has 2 aromatic heterocycles. The Morgan fingerprint density at radius 2 is 1.90 bits per heavy atom. The first kappa shape index (κ1) is 20.3. The van der Waals surface area contributed by atoms with Crippen LogP contribution in [0.1, 0.15) is 15.9 Å². The summed E-state index contributed by atoms with van der Waals surface area (Å²) in [5, 5.41) is 3.01. The van der Waals surface area contributed by atoms with Crippen LogP contribution < -0.4 is 4.72 Å². The predicted octanol–water partition coefficient (Wildman–Crippen LogP) is 4.27. The number of aromatic nitrogens is 2. The minimum Gasteiger partial charge on any atom is -0.345 e. The van der Waals surface area contributed by atoms with Gasteiger partial charge in [-0.25, -0.2) is 22.2 Å². The lowest BCUT2D eigenvalue weighted by Crippen LogP contribution is -2.16. The van der Waals surface area contributed by atoms with Crippen molar-refractivity contribution >= 4 is 38.2 Å². The molecular weight excluding hydrogens is 430 g/mol. The first-order chi connectivity index (χ1) is 14.8. The molecule has 0 saturated carbocycles. The molecule has 11 heteroatoms. The average molecular weight is 442 g/mol. The van der Waals surface area contributed by atoms with E-state index in [9.17, 15) is 22.5 Å². The number of nitrogens with one attached hydrogen (secondary N) is 2. The van der Waals surface area contributed by atoms with E-state index < -0.39 is 38.7 Å². The second-order valence-electron chi connectivity index (χ2n) is 6.41. The molecule has 0 aliphatic rings. The Hall–Kier alpha value is -3.99. The van der Waals surface area contributed by atoms with Crippen LogP contribution in [0.15, 0.2) is 71.0 Å². The van der Waals surface area contributed by atoms with Gasteiger partial charge >= 0.3 is 0 Å². The highest BCUT2D eigenvalue weighted by Crippen LogP contribution is 2.28. The van der Waals surface area contributed by atoms with Crippen molar-refractivity contribution in [2.45, 2.75) is 4.90 Å². The van der Waals surface area contributed by atoms with Gasteiger partial charge in [-0.05, 0) is 47.6 Å². The number of benzene rings is 2. The maximum absolute atomic E-state index is 15.1. The van der Waals surface area contributed by atoms with Crippen molar-refractivity contribution in [2.24, 2.45) is 5.18 Å². The minimum absolute atomic E-state index is 0.0225. The number of ketones is 1. The van der Waals surface area contributed by atoms with E-state index in [0.717, 1.165) is 18.2 Å². The Labute approximate surface area is 174 Å². The standard InChI is InChI=1S/C20H12F2N4O4S/c21-15-6-7-16(26-31(29,30)12-4-1-3-11(9-12)25-28)18(22)17(15)19(27)14-10-24-20-13(14)5-2-8-23-20/h1-10,26H,(H,23,24). The molecule has 0 amide bonds. The molecule has 4 aromatic rings. The molecule has 156 valence electrons. The van der Waals surface area contributed by atoms with E-state index in [0.29, 0.717) is 11.0 Å². The number of carbonyl (C=O) groups excluding carboxylic acids is 1. The lowest BCUT2D eigenvalue weighted by atomic mass is 10.0. The lowest BCUT2D eigenvalue weighted by molar-refractivity contribution is 0.103. The number of H-pyrrole nitrogens is 1. The fraction of sp³-hybridized carbons (Fsp3) is 0. The number of hydrogen-bond acceptors (Lipinski definition) is 6. The van der Waals surface area contributed by atoms with Crippen LogP contribution in [0.25, 0.3) is 11.0 Å². The molecule has 2 heterocycles. The molecule has 0 fully saturated rings. The van der Waals surface area contributed by atoms with Gasteiger partial charge in [0.15, 0.2) is 5.82 Å². The van der Waals surface area contributed by atoms with Gasteiger partial charge in [0.05, 0.1) is 16.1 Å². The quantitative estimate of drug-likeness (QED) is 0.341. The summed E-state index contributed by atoms with van der Waals surface area (Å²) in [4.78, 5) is 29.9. The number of nitroso groups, excluding NO2 is 1. The van der Waals surface area contributed by atoms with Gasteiger partial charge in [-0.3, -0.25) is 9.52 Å². The van der Waals surface area contributed by atoms with Crippen LogP contribution in [0.2, 0.25) is 0 Å². The summed E-state index contributed by atoms with van der Waals surface area (Å²) >= 11 is 0. The zero-order chi connectivity index (χ0) is 22.2. The number of anilines is 1. The number of halogens is 2. The van der Waals surface area contributed by atoms with Gasteiger partial charge in [-0.1, -0.05) is 6.07 Å². The van der Waals surface area contributed by atoms with Crippen molar-refractivity contribution in [3.05, 3.63) is 88.6 Å². The third-order valence-electron chi connectivity index (χ3n) is 4.49. The van der Waals surface area contributed by atoms with Gasteiger partial charge in [0, 0.05) is 23.3 Å². The average Bonchev–Trinajstić information content (AvgIpc) is 3.20. The van der Waals surface area contributed by atoms with Gasteiger partial charge < -0.3 is 4.98 Å². The summed E-state index contributed by atoms with van der Waals surface area (Å²) in [6.07, 6.45) is 2.76. The van der Waals surface area contributed by atoms with Crippen LogP contribution >= 0.6 is 0 Å². The molecule has 2 aromatic carbocycles. The smallest absolute Gasteiger partial charge is 0.262 e. The normalized spacial score (nSPS) is 11.4. The molecule has 0 aliphatic carbocycles. The van der Waals surface area contributed by atoms with Crippen LogP contribution in [-0.4, -0.2) is 24.2 Å². The van der Waals surface area contributed by atoms with E-state index in [-0.39, 0.29) is 16.1 Å². The number of hydrogen-bond donors (Lipinski definition) is 2. The van der Waals surface area contributed by atoms with E-state index in [2.05, 4.69) is 15.1 Å². The number of nitrogens with zero attached hydrogens (tertiary/aromatic N) is 2. The second kappa shape index (κ2) is 7.69. The van der Waals surface area contributed by atoms with Crippen molar-refractivity contribution in [1.82, 2.24) is 9.97 Å². The van der Waals surface area contributed by atoms with Crippen LogP contribution in [0, 0.1) is 16.5 Å². The number of aromatic amines is 1. The van der Waals surface area contributed by atoms with Crippen molar-refractivity contribution < 1.29 is 22.0 Å². The molecule has 0 aliphatic heterocycles. The first-order valence-electron chi connectivity index (χ1n) is 8.73. The molecule has 0 saturated heterocycles. The molecule has 0 bridgehead atoms. The SMILES string of the molecule is O=Nc1cccc(S(=O)(=O)Nc2ccc(F)c(C(=O)c3c[nH]c4ncccc34)c2F)c1. The van der Waals surface area contributed by atoms with Crippen molar-refractivity contribution in [3.63, 3.8) is 0 Å². The van der Waals surface area contributed by atoms with Crippen molar-refractivity contribution in [1.29, 1.82) is 0 Å². The summed E-state index contributed by atoms with van der Waals surface area (Å²) in [5.74, 6) is -3.52. The monoisotopic (exact) mass is 442 g/mol. The fourth-order valence-electron chi connectivity index (χ4n) is 3.03. The summed E-state index contributed by atoms with van der Waals surface area (Å²) in [5.41, 5.74) is -1.37. The second-order valence-corrected chi connectivity index (χ2v) is 8.09. The van der Waals surface area contributed by atoms with E-state index in [1.54, 1.807) is 12.1 Å². The molecule has 8 nitrogen and oxygen atoms in total. The zero-order valence-electron chi connectivity index (χ0n) is 15.5.